The molecule has 3 nitrogen and oxygen atoms in total. The van der Waals surface area contributed by atoms with Crippen LogP contribution < -0.4 is 10.2 Å². The molecule has 2 rings (SSSR count). The molecule has 1 aliphatic rings. The van der Waals surface area contributed by atoms with E-state index in [-0.39, 0.29) is 0 Å². The summed E-state index contributed by atoms with van der Waals surface area (Å²) in [5.74, 6) is 0. The molecular weight excluding hydrogens is 347 g/mol. The van der Waals surface area contributed by atoms with Crippen LogP contribution in [0.3, 0.4) is 0 Å². The number of halogens is 4. The number of piperazine rings is 1. The van der Waals surface area contributed by atoms with Gasteiger partial charge in [0, 0.05) is 37.2 Å². The molecule has 1 fully saturated rings. The van der Waals surface area contributed by atoms with Gasteiger partial charge in [-0.05, 0) is 40.7 Å². The highest BCUT2D eigenvalue weighted by Crippen LogP contribution is 2.28. The van der Waals surface area contributed by atoms with Crippen LogP contribution in [0.25, 0.3) is 0 Å². The maximum absolute atomic E-state index is 12.4. The lowest BCUT2D eigenvalue weighted by Crippen LogP contribution is -2.49. The van der Waals surface area contributed by atoms with Crippen molar-refractivity contribution < 1.29 is 13.2 Å². The Kier molecular flexibility index (Phi) is 5.51. The molecule has 1 saturated heterocycles. The molecule has 0 amide bonds. The van der Waals surface area contributed by atoms with Crippen LogP contribution >= 0.6 is 15.9 Å². The van der Waals surface area contributed by atoms with Crippen molar-refractivity contribution in [2.45, 2.75) is 12.7 Å². The minimum atomic E-state index is -4.11. The molecule has 0 aliphatic carbocycles. The number of hydrogen-bond donors (Lipinski definition) is 1. The van der Waals surface area contributed by atoms with Crippen LogP contribution in [0.5, 0.6) is 0 Å². The average Bonchev–Trinajstić information content (AvgIpc) is 2.39. The Morgan fingerprint density at radius 2 is 1.86 bits per heavy atom. The highest BCUT2D eigenvalue weighted by Gasteiger charge is 2.32. The molecule has 0 aromatic heterocycles. The topological polar surface area (TPSA) is 18.5 Å². The van der Waals surface area contributed by atoms with E-state index in [2.05, 4.69) is 26.1 Å². The molecule has 21 heavy (non-hydrogen) atoms. The van der Waals surface area contributed by atoms with Crippen LogP contribution in [-0.2, 0) is 6.54 Å². The minimum Gasteiger partial charge on any atom is -0.368 e. The first-order valence-corrected chi connectivity index (χ1v) is 7.65. The van der Waals surface area contributed by atoms with E-state index in [9.17, 15) is 13.2 Å². The molecule has 0 unspecified atom stereocenters. The van der Waals surface area contributed by atoms with Crippen molar-refractivity contribution in [1.82, 2.24) is 10.2 Å². The highest BCUT2D eigenvalue weighted by atomic mass is 79.9. The lowest BCUT2D eigenvalue weighted by atomic mass is 10.1. The third-order valence-electron chi connectivity index (χ3n) is 3.51. The molecule has 1 aliphatic heterocycles. The number of anilines is 1. The molecule has 0 spiro atoms. The van der Waals surface area contributed by atoms with E-state index in [0.717, 1.165) is 16.7 Å². The van der Waals surface area contributed by atoms with Crippen LogP contribution in [0.4, 0.5) is 18.9 Å². The molecule has 1 heterocycles. The smallest absolute Gasteiger partial charge is 0.368 e. The zero-order valence-corrected chi connectivity index (χ0v) is 13.5. The van der Waals surface area contributed by atoms with Gasteiger partial charge in [0.25, 0.3) is 0 Å². The summed E-state index contributed by atoms with van der Waals surface area (Å²) in [6.45, 7) is 2.07. The summed E-state index contributed by atoms with van der Waals surface area (Å²) in [6, 6.07) is 6.11. The van der Waals surface area contributed by atoms with Gasteiger partial charge in [-0.1, -0.05) is 6.07 Å². The molecule has 0 atom stereocenters. The van der Waals surface area contributed by atoms with Crippen molar-refractivity contribution in [3.05, 3.63) is 28.2 Å². The lowest BCUT2D eigenvalue weighted by Gasteiger charge is -2.36. The predicted octanol–water partition coefficient (Wildman–Crippen LogP) is 2.85. The standard InChI is InChI=1S/C14H19BrF3N3/c1-19-9-11-2-3-13(12(15)8-11)21-6-4-20(5-7-21)10-14(16,17)18/h2-3,8,19H,4-7,9-10H2,1H3. The Hall–Kier alpha value is -0.790. The van der Waals surface area contributed by atoms with Crippen LogP contribution in [0.1, 0.15) is 5.56 Å². The molecule has 7 heteroatoms. The van der Waals surface area contributed by atoms with E-state index in [4.69, 9.17) is 0 Å². The lowest BCUT2D eigenvalue weighted by molar-refractivity contribution is -0.146. The van der Waals surface area contributed by atoms with Crippen molar-refractivity contribution in [3.63, 3.8) is 0 Å². The summed E-state index contributed by atoms with van der Waals surface area (Å²) in [6.07, 6.45) is -4.11. The Bertz CT molecular complexity index is 471. The number of nitrogens with zero attached hydrogens (tertiary/aromatic N) is 2. The summed E-state index contributed by atoms with van der Waals surface area (Å²) in [7, 11) is 1.89. The molecular formula is C14H19BrF3N3. The monoisotopic (exact) mass is 365 g/mol. The van der Waals surface area contributed by atoms with E-state index in [1.54, 1.807) is 0 Å². The van der Waals surface area contributed by atoms with Gasteiger partial charge in [0.15, 0.2) is 0 Å². The second kappa shape index (κ2) is 6.98. The summed E-state index contributed by atoms with van der Waals surface area (Å²) >= 11 is 3.55. The highest BCUT2D eigenvalue weighted by molar-refractivity contribution is 9.10. The summed E-state index contributed by atoms with van der Waals surface area (Å²) < 4.78 is 38.1. The van der Waals surface area contributed by atoms with Gasteiger partial charge in [-0.3, -0.25) is 4.90 Å². The van der Waals surface area contributed by atoms with Gasteiger partial charge in [0.2, 0.25) is 0 Å². The number of alkyl halides is 3. The molecule has 0 bridgehead atoms. The van der Waals surface area contributed by atoms with Gasteiger partial charge in [0.05, 0.1) is 12.2 Å². The van der Waals surface area contributed by atoms with Crippen LogP contribution in [0.2, 0.25) is 0 Å². The third kappa shape index (κ3) is 4.86. The second-order valence-corrected chi connectivity index (χ2v) is 6.05. The zero-order chi connectivity index (χ0) is 15.5. The second-order valence-electron chi connectivity index (χ2n) is 5.19. The molecule has 1 aromatic rings. The number of benzene rings is 1. The van der Waals surface area contributed by atoms with Gasteiger partial charge in [-0.25, -0.2) is 0 Å². The predicted molar refractivity (Wildman–Crippen MR) is 81.6 cm³/mol. The Labute approximate surface area is 131 Å². The number of hydrogen-bond acceptors (Lipinski definition) is 3. The Morgan fingerprint density at radius 1 is 1.19 bits per heavy atom. The third-order valence-corrected chi connectivity index (χ3v) is 4.14. The maximum Gasteiger partial charge on any atom is 0.401 e. The molecule has 1 aromatic carbocycles. The van der Waals surface area contributed by atoms with E-state index >= 15 is 0 Å². The first-order chi connectivity index (χ1) is 9.89. The normalized spacial score (nSPS) is 17.3. The Morgan fingerprint density at radius 3 is 2.38 bits per heavy atom. The van der Waals surface area contributed by atoms with E-state index in [1.165, 1.54) is 10.5 Å². The first kappa shape index (κ1) is 16.6. The molecule has 0 saturated carbocycles. The number of rotatable bonds is 4. The van der Waals surface area contributed by atoms with Gasteiger partial charge in [-0.15, -0.1) is 0 Å². The molecule has 0 radical (unpaired) electrons. The van der Waals surface area contributed by atoms with E-state index in [1.807, 2.05) is 25.2 Å². The van der Waals surface area contributed by atoms with Crippen LogP contribution in [-0.4, -0.2) is 50.8 Å². The van der Waals surface area contributed by atoms with Gasteiger partial charge in [0.1, 0.15) is 0 Å². The molecule has 1 N–H and O–H groups in total. The maximum atomic E-state index is 12.4. The van der Waals surface area contributed by atoms with Crippen LogP contribution in [0.15, 0.2) is 22.7 Å². The van der Waals surface area contributed by atoms with Crippen molar-refractivity contribution >= 4 is 21.6 Å². The van der Waals surface area contributed by atoms with Gasteiger partial charge < -0.3 is 10.2 Å². The van der Waals surface area contributed by atoms with Crippen molar-refractivity contribution in [3.8, 4) is 0 Å². The van der Waals surface area contributed by atoms with Crippen LogP contribution in [0, 0.1) is 0 Å². The fraction of sp³-hybridized carbons (Fsp3) is 0.571. The summed E-state index contributed by atoms with van der Waals surface area (Å²) in [5, 5.41) is 3.09. The Balaban J connectivity index is 1.96. The fourth-order valence-corrected chi connectivity index (χ4v) is 3.20. The summed E-state index contributed by atoms with van der Waals surface area (Å²) in [4.78, 5) is 3.58. The summed E-state index contributed by atoms with van der Waals surface area (Å²) in [5.41, 5.74) is 2.21. The first-order valence-electron chi connectivity index (χ1n) is 6.86. The van der Waals surface area contributed by atoms with E-state index < -0.39 is 12.7 Å². The SMILES string of the molecule is CNCc1ccc(N2CCN(CC(F)(F)F)CC2)c(Br)c1. The number of nitrogens with one attached hydrogen (secondary N) is 1. The molecule has 118 valence electrons. The quantitative estimate of drug-likeness (QED) is 0.884. The van der Waals surface area contributed by atoms with Gasteiger partial charge >= 0.3 is 6.18 Å². The van der Waals surface area contributed by atoms with Gasteiger partial charge in [-0.2, -0.15) is 13.2 Å². The largest absolute Gasteiger partial charge is 0.401 e. The van der Waals surface area contributed by atoms with Crippen molar-refractivity contribution in [2.24, 2.45) is 0 Å². The van der Waals surface area contributed by atoms with Crippen molar-refractivity contribution in [1.29, 1.82) is 0 Å². The van der Waals surface area contributed by atoms with E-state index in [0.29, 0.717) is 26.2 Å². The average molecular weight is 366 g/mol. The minimum absolute atomic E-state index is 0.435. The zero-order valence-electron chi connectivity index (χ0n) is 11.9. The fourth-order valence-electron chi connectivity index (χ4n) is 2.52. The van der Waals surface area contributed by atoms with Crippen molar-refractivity contribution in [2.75, 3.05) is 44.7 Å².